The molecule has 0 aliphatic rings. The van der Waals surface area contributed by atoms with Crippen molar-refractivity contribution in [2.45, 2.75) is 25.6 Å². The number of carboxylic acids is 1. The lowest BCUT2D eigenvalue weighted by molar-refractivity contribution is -0.136. The van der Waals surface area contributed by atoms with Gasteiger partial charge in [0.15, 0.2) is 5.13 Å². The van der Waals surface area contributed by atoms with Crippen LogP contribution in [0.25, 0.3) is 11.3 Å². The number of nitrogens with zero attached hydrogens (tertiary/aromatic N) is 2. The number of hydrogen-bond acceptors (Lipinski definition) is 5. The summed E-state index contributed by atoms with van der Waals surface area (Å²) in [6.45, 7) is 0.326. The van der Waals surface area contributed by atoms with Gasteiger partial charge in [-0.1, -0.05) is 53.5 Å². The summed E-state index contributed by atoms with van der Waals surface area (Å²) in [5.41, 5.74) is 3.38. The van der Waals surface area contributed by atoms with E-state index in [0.717, 1.165) is 11.1 Å². The Hall–Kier alpha value is -3.60. The molecule has 4 rings (SSSR count). The molecule has 1 aromatic heterocycles. The van der Waals surface area contributed by atoms with Crippen LogP contribution in [0.3, 0.4) is 0 Å². The highest BCUT2D eigenvalue weighted by Gasteiger charge is 2.27. The molecule has 12 heteroatoms. The van der Waals surface area contributed by atoms with Crippen LogP contribution in [-0.4, -0.2) is 34.7 Å². The molecule has 0 aliphatic heterocycles. The predicted octanol–water partition coefficient (Wildman–Crippen LogP) is 7.76. The maximum atomic E-state index is 12.9. The fourth-order valence-corrected chi connectivity index (χ4v) is 4.95. The van der Waals surface area contributed by atoms with Gasteiger partial charge in [-0.2, -0.15) is 13.2 Å². The fraction of sp³-hybridized carbons (Fsp3) is 0.179. The average molecular weight is 608 g/mol. The maximum absolute atomic E-state index is 12.9. The van der Waals surface area contributed by atoms with Crippen LogP contribution in [0, 0.1) is 0 Å². The highest BCUT2D eigenvalue weighted by Crippen LogP contribution is 2.36. The molecule has 0 unspecified atom stereocenters. The van der Waals surface area contributed by atoms with Crippen LogP contribution in [0.1, 0.15) is 27.9 Å². The molecule has 1 heterocycles. The first-order chi connectivity index (χ1) is 19.0. The number of aromatic nitrogens is 1. The maximum Gasteiger partial charge on any atom is 0.393 e. The molecule has 3 aromatic carbocycles. The summed E-state index contributed by atoms with van der Waals surface area (Å²) in [5.74, 6) is -1.40. The van der Waals surface area contributed by atoms with Gasteiger partial charge in [0.25, 0.3) is 5.91 Å². The van der Waals surface area contributed by atoms with Crippen molar-refractivity contribution in [1.82, 2.24) is 10.3 Å². The molecule has 2 N–H and O–H groups in total. The van der Waals surface area contributed by atoms with Gasteiger partial charge in [0.05, 0.1) is 35.1 Å². The number of rotatable bonds is 10. The molecule has 6 nitrogen and oxygen atoms in total. The van der Waals surface area contributed by atoms with E-state index in [-0.39, 0.29) is 18.5 Å². The second-order valence-corrected chi connectivity index (χ2v) is 10.4. The Morgan fingerprint density at radius 1 is 0.950 bits per heavy atom. The zero-order valence-electron chi connectivity index (χ0n) is 20.7. The molecular formula is C28H22Cl2F3N3O3S. The van der Waals surface area contributed by atoms with E-state index in [0.29, 0.717) is 38.7 Å². The topological polar surface area (TPSA) is 82.5 Å². The summed E-state index contributed by atoms with van der Waals surface area (Å²) >= 11 is 13.6. The number of carboxylic acid groups (broad SMARTS) is 1. The van der Waals surface area contributed by atoms with Gasteiger partial charge in [0.2, 0.25) is 0 Å². The van der Waals surface area contributed by atoms with Crippen LogP contribution in [0.2, 0.25) is 10.0 Å². The average Bonchev–Trinajstić information content (AvgIpc) is 3.39. The van der Waals surface area contributed by atoms with E-state index in [1.54, 1.807) is 54.6 Å². The molecule has 4 aromatic rings. The lowest BCUT2D eigenvalue weighted by Gasteiger charge is -2.23. The summed E-state index contributed by atoms with van der Waals surface area (Å²) in [4.78, 5) is 29.6. The van der Waals surface area contributed by atoms with Gasteiger partial charge in [-0.15, -0.1) is 11.3 Å². The van der Waals surface area contributed by atoms with Crippen molar-refractivity contribution in [1.29, 1.82) is 0 Å². The molecule has 0 fully saturated rings. The van der Waals surface area contributed by atoms with Gasteiger partial charge in [0, 0.05) is 28.7 Å². The summed E-state index contributed by atoms with van der Waals surface area (Å²) < 4.78 is 38.6. The van der Waals surface area contributed by atoms with Gasteiger partial charge in [-0.25, -0.2) is 4.98 Å². The number of benzene rings is 3. The fourth-order valence-electron chi connectivity index (χ4n) is 3.80. The Balaban J connectivity index is 1.60. The normalized spacial score (nSPS) is 11.3. The molecule has 0 radical (unpaired) electrons. The van der Waals surface area contributed by atoms with E-state index in [9.17, 15) is 22.8 Å². The molecule has 208 valence electrons. The van der Waals surface area contributed by atoms with Gasteiger partial charge >= 0.3 is 12.1 Å². The van der Waals surface area contributed by atoms with Crippen molar-refractivity contribution in [3.63, 3.8) is 0 Å². The number of alkyl halides is 3. The Morgan fingerprint density at radius 3 is 2.25 bits per heavy atom. The Morgan fingerprint density at radius 2 is 1.62 bits per heavy atom. The molecular weight excluding hydrogens is 586 g/mol. The minimum absolute atomic E-state index is 0.0131. The Labute approximate surface area is 242 Å². The number of amides is 1. The molecule has 0 spiro atoms. The number of thiazole rings is 1. The largest absolute Gasteiger partial charge is 0.481 e. The molecule has 40 heavy (non-hydrogen) atoms. The van der Waals surface area contributed by atoms with E-state index < -0.39 is 24.5 Å². The number of aliphatic carboxylic acids is 1. The number of carbonyl (C=O) groups is 2. The third-order valence-electron chi connectivity index (χ3n) is 5.77. The van der Waals surface area contributed by atoms with Crippen molar-refractivity contribution in [2.24, 2.45) is 0 Å². The number of anilines is 2. The zero-order valence-corrected chi connectivity index (χ0v) is 23.0. The number of hydrogen-bond donors (Lipinski definition) is 2. The lowest BCUT2D eigenvalue weighted by atomic mass is 10.1. The van der Waals surface area contributed by atoms with Gasteiger partial charge < -0.3 is 15.3 Å². The van der Waals surface area contributed by atoms with Gasteiger partial charge in [-0.05, 0) is 47.5 Å². The minimum atomic E-state index is -4.31. The summed E-state index contributed by atoms with van der Waals surface area (Å²) in [7, 11) is 0. The number of nitrogens with one attached hydrogen (secondary N) is 1. The molecule has 1 amide bonds. The van der Waals surface area contributed by atoms with E-state index in [4.69, 9.17) is 33.3 Å². The quantitative estimate of drug-likeness (QED) is 0.192. The summed E-state index contributed by atoms with van der Waals surface area (Å²) in [6, 6.07) is 18.0. The smallest absolute Gasteiger partial charge is 0.393 e. The van der Waals surface area contributed by atoms with Gasteiger partial charge in [0.1, 0.15) is 0 Å². The van der Waals surface area contributed by atoms with E-state index in [2.05, 4.69) is 5.32 Å². The van der Waals surface area contributed by atoms with E-state index in [1.807, 2.05) is 10.3 Å². The molecule has 0 bridgehead atoms. The first kappa shape index (κ1) is 29.4. The third kappa shape index (κ3) is 7.97. The first-order valence-corrected chi connectivity index (χ1v) is 13.6. The third-order valence-corrected chi connectivity index (χ3v) is 7.37. The molecule has 0 saturated heterocycles. The minimum Gasteiger partial charge on any atom is -0.481 e. The monoisotopic (exact) mass is 607 g/mol. The van der Waals surface area contributed by atoms with Crippen molar-refractivity contribution >= 4 is 57.2 Å². The predicted molar refractivity (Wildman–Crippen MR) is 151 cm³/mol. The van der Waals surface area contributed by atoms with Crippen LogP contribution >= 0.6 is 34.5 Å². The highest BCUT2D eigenvalue weighted by atomic mass is 35.5. The summed E-state index contributed by atoms with van der Waals surface area (Å²) in [5, 5.41) is 14.5. The van der Waals surface area contributed by atoms with Crippen LogP contribution in [-0.2, 0) is 17.8 Å². The second kappa shape index (κ2) is 12.7. The standard InChI is InChI=1S/C28H22Cl2F3N3O3S/c29-22-10-7-20(13-23(22)30)24-16-40-27(35-24)36(21-8-3-17(4-9-21)14-28(31,32)33)15-18-1-5-19(6-2-18)26(39)34-12-11-25(37)38/h1-10,13,16H,11-12,14-15H2,(H,34,39)(H,37,38). The zero-order chi connectivity index (χ0) is 28.9. The van der Waals surface area contributed by atoms with Crippen molar-refractivity contribution in [2.75, 3.05) is 11.4 Å². The SMILES string of the molecule is O=C(O)CCNC(=O)c1ccc(CN(c2ccc(CC(F)(F)F)cc2)c2nc(-c3ccc(Cl)c(Cl)c3)cs2)cc1. The van der Waals surface area contributed by atoms with Crippen molar-refractivity contribution in [3.05, 3.63) is 98.8 Å². The van der Waals surface area contributed by atoms with Crippen molar-refractivity contribution in [3.8, 4) is 11.3 Å². The first-order valence-electron chi connectivity index (χ1n) is 11.9. The molecule has 0 saturated carbocycles. The second-order valence-electron chi connectivity index (χ2n) is 8.79. The summed E-state index contributed by atoms with van der Waals surface area (Å²) in [6.07, 6.45) is -5.52. The lowest BCUT2D eigenvalue weighted by Crippen LogP contribution is -2.26. The van der Waals surface area contributed by atoms with Crippen LogP contribution in [0.5, 0.6) is 0 Å². The van der Waals surface area contributed by atoms with E-state index in [1.165, 1.54) is 23.5 Å². The number of halogens is 5. The van der Waals surface area contributed by atoms with Gasteiger partial charge in [-0.3, -0.25) is 9.59 Å². The highest BCUT2D eigenvalue weighted by molar-refractivity contribution is 7.14. The Kier molecular flexibility index (Phi) is 9.34. The van der Waals surface area contributed by atoms with E-state index >= 15 is 0 Å². The van der Waals surface area contributed by atoms with Crippen LogP contribution < -0.4 is 10.2 Å². The molecule has 0 aliphatic carbocycles. The number of carbonyl (C=O) groups excluding carboxylic acids is 1. The van der Waals surface area contributed by atoms with Crippen LogP contribution in [0.15, 0.2) is 72.1 Å². The molecule has 0 atom stereocenters. The Bertz CT molecular complexity index is 1490. The van der Waals surface area contributed by atoms with Crippen LogP contribution in [0.4, 0.5) is 24.0 Å². The van der Waals surface area contributed by atoms with Crippen molar-refractivity contribution < 1.29 is 27.9 Å².